The molecule has 3 nitrogen and oxygen atoms in total. The van der Waals surface area contributed by atoms with Crippen LogP contribution in [0.1, 0.15) is 47.8 Å². The molecule has 0 amide bonds. The first-order valence-corrected chi connectivity index (χ1v) is 7.57. The molecule has 2 heterocycles. The van der Waals surface area contributed by atoms with Gasteiger partial charge in [0.15, 0.2) is 0 Å². The van der Waals surface area contributed by atoms with Crippen molar-refractivity contribution in [1.82, 2.24) is 15.1 Å². The fraction of sp³-hybridized carbons (Fsp3) is 0.471. The minimum absolute atomic E-state index is 0.494. The minimum Gasteiger partial charge on any atom is -0.310 e. The highest BCUT2D eigenvalue weighted by Gasteiger charge is 2.22. The van der Waals surface area contributed by atoms with Crippen LogP contribution in [0.4, 0.5) is 0 Å². The normalized spacial score (nSPS) is 19.2. The van der Waals surface area contributed by atoms with Crippen LogP contribution in [-0.4, -0.2) is 16.3 Å². The molecule has 0 spiro atoms. The first-order valence-electron chi connectivity index (χ1n) is 7.57. The molecule has 0 aliphatic carbocycles. The van der Waals surface area contributed by atoms with E-state index in [4.69, 9.17) is 5.10 Å². The zero-order valence-corrected chi connectivity index (χ0v) is 12.4. The zero-order chi connectivity index (χ0) is 13.9. The van der Waals surface area contributed by atoms with Gasteiger partial charge in [0, 0.05) is 17.3 Å². The van der Waals surface area contributed by atoms with Crippen molar-refractivity contribution in [2.75, 3.05) is 6.54 Å². The van der Waals surface area contributed by atoms with Gasteiger partial charge >= 0.3 is 0 Å². The molecule has 1 unspecified atom stereocenters. The van der Waals surface area contributed by atoms with Gasteiger partial charge in [-0.15, -0.1) is 0 Å². The van der Waals surface area contributed by atoms with Crippen LogP contribution in [0, 0.1) is 13.8 Å². The molecule has 1 saturated heterocycles. The van der Waals surface area contributed by atoms with E-state index in [-0.39, 0.29) is 0 Å². The van der Waals surface area contributed by atoms with Crippen molar-refractivity contribution < 1.29 is 0 Å². The summed E-state index contributed by atoms with van der Waals surface area (Å²) >= 11 is 0. The average molecular weight is 269 g/mol. The molecule has 1 fully saturated rings. The predicted molar refractivity (Wildman–Crippen MR) is 81.8 cm³/mol. The van der Waals surface area contributed by atoms with Crippen molar-refractivity contribution in [2.24, 2.45) is 0 Å². The Morgan fingerprint density at radius 3 is 2.70 bits per heavy atom. The maximum Gasteiger partial charge on any atom is 0.0662 e. The Bertz CT molecular complexity index is 565. The van der Waals surface area contributed by atoms with E-state index in [1.807, 2.05) is 0 Å². The second-order valence-electron chi connectivity index (χ2n) is 5.73. The summed E-state index contributed by atoms with van der Waals surface area (Å²) in [5, 5.41) is 8.40. The van der Waals surface area contributed by atoms with Crippen LogP contribution in [-0.2, 0) is 6.54 Å². The molecule has 1 atom stereocenters. The first-order chi connectivity index (χ1) is 9.75. The largest absolute Gasteiger partial charge is 0.310 e. The second-order valence-corrected chi connectivity index (χ2v) is 5.73. The molecule has 1 aromatic carbocycles. The topological polar surface area (TPSA) is 29.9 Å². The highest BCUT2D eigenvalue weighted by molar-refractivity contribution is 5.29. The van der Waals surface area contributed by atoms with Crippen LogP contribution in [0.5, 0.6) is 0 Å². The summed E-state index contributed by atoms with van der Waals surface area (Å²) in [6, 6.07) is 11.1. The molecule has 1 aromatic heterocycles. The van der Waals surface area contributed by atoms with E-state index in [1.165, 1.54) is 41.8 Å². The summed E-state index contributed by atoms with van der Waals surface area (Å²) in [6.07, 6.45) is 3.85. The van der Waals surface area contributed by atoms with Gasteiger partial charge in [0.2, 0.25) is 0 Å². The standard InChI is InChI=1S/C17H23N3/c1-13-17(16-10-6-7-11-18-16)14(2)20(19-13)12-15-8-4-3-5-9-15/h3-5,8-9,16,18H,6-7,10-12H2,1-2H3. The van der Waals surface area contributed by atoms with Gasteiger partial charge in [-0.25, -0.2) is 0 Å². The molecule has 0 bridgehead atoms. The molecule has 2 aromatic rings. The maximum absolute atomic E-state index is 4.76. The lowest BCUT2D eigenvalue weighted by molar-refractivity contribution is 0.409. The summed E-state index contributed by atoms with van der Waals surface area (Å²) in [7, 11) is 0. The smallest absolute Gasteiger partial charge is 0.0662 e. The summed E-state index contributed by atoms with van der Waals surface area (Å²) < 4.78 is 2.15. The molecule has 1 aliphatic rings. The fourth-order valence-corrected chi connectivity index (χ4v) is 3.22. The van der Waals surface area contributed by atoms with E-state index in [2.05, 4.69) is 54.2 Å². The Kier molecular flexibility index (Phi) is 3.88. The van der Waals surface area contributed by atoms with E-state index >= 15 is 0 Å². The van der Waals surface area contributed by atoms with Crippen LogP contribution < -0.4 is 5.32 Å². The van der Waals surface area contributed by atoms with Crippen molar-refractivity contribution in [3.8, 4) is 0 Å². The van der Waals surface area contributed by atoms with Crippen molar-refractivity contribution in [1.29, 1.82) is 0 Å². The maximum atomic E-state index is 4.76. The van der Waals surface area contributed by atoms with Gasteiger partial charge in [-0.3, -0.25) is 4.68 Å². The summed E-state index contributed by atoms with van der Waals surface area (Å²) in [4.78, 5) is 0. The number of nitrogens with zero attached hydrogens (tertiary/aromatic N) is 2. The number of rotatable bonds is 3. The molecule has 0 radical (unpaired) electrons. The molecule has 3 heteroatoms. The zero-order valence-electron chi connectivity index (χ0n) is 12.4. The first kappa shape index (κ1) is 13.4. The van der Waals surface area contributed by atoms with Gasteiger partial charge in [0.25, 0.3) is 0 Å². The lowest BCUT2D eigenvalue weighted by Crippen LogP contribution is -2.27. The van der Waals surface area contributed by atoms with Gasteiger partial charge in [0.1, 0.15) is 0 Å². The van der Waals surface area contributed by atoms with Crippen LogP contribution in [0.3, 0.4) is 0 Å². The predicted octanol–water partition coefficient (Wildman–Crippen LogP) is 3.36. The van der Waals surface area contributed by atoms with E-state index in [9.17, 15) is 0 Å². The highest BCUT2D eigenvalue weighted by Crippen LogP contribution is 2.28. The summed E-state index contributed by atoms with van der Waals surface area (Å²) in [5.74, 6) is 0. The second kappa shape index (κ2) is 5.80. The Hall–Kier alpha value is -1.61. The van der Waals surface area contributed by atoms with Crippen molar-refractivity contribution in [2.45, 2.75) is 45.7 Å². The van der Waals surface area contributed by atoms with Crippen LogP contribution in [0.15, 0.2) is 30.3 Å². The van der Waals surface area contributed by atoms with Crippen molar-refractivity contribution in [3.05, 3.63) is 52.8 Å². The average Bonchev–Trinajstić information content (AvgIpc) is 2.75. The van der Waals surface area contributed by atoms with Crippen molar-refractivity contribution >= 4 is 0 Å². The van der Waals surface area contributed by atoms with Gasteiger partial charge in [-0.2, -0.15) is 5.10 Å². The lowest BCUT2D eigenvalue weighted by Gasteiger charge is -2.24. The Labute approximate surface area is 121 Å². The molecule has 106 valence electrons. The third-order valence-electron chi connectivity index (χ3n) is 4.27. The number of piperidine rings is 1. The SMILES string of the molecule is Cc1nn(Cc2ccccc2)c(C)c1C1CCCCN1. The molecule has 3 rings (SSSR count). The Morgan fingerprint density at radius 2 is 2.00 bits per heavy atom. The minimum atomic E-state index is 0.494. The Balaban J connectivity index is 1.86. The van der Waals surface area contributed by atoms with E-state index in [0.717, 1.165) is 13.1 Å². The number of hydrogen-bond donors (Lipinski definition) is 1. The number of aromatic nitrogens is 2. The van der Waals surface area contributed by atoms with Gasteiger partial charge in [0.05, 0.1) is 12.2 Å². The molecule has 1 N–H and O–H groups in total. The fourth-order valence-electron chi connectivity index (χ4n) is 3.22. The Morgan fingerprint density at radius 1 is 1.20 bits per heavy atom. The molecular formula is C17H23N3. The van der Waals surface area contributed by atoms with E-state index in [0.29, 0.717) is 6.04 Å². The van der Waals surface area contributed by atoms with Gasteiger partial charge < -0.3 is 5.32 Å². The number of nitrogens with one attached hydrogen (secondary N) is 1. The summed E-state index contributed by atoms with van der Waals surface area (Å²) in [6.45, 7) is 6.34. The highest BCUT2D eigenvalue weighted by atomic mass is 15.3. The lowest BCUT2D eigenvalue weighted by atomic mass is 9.96. The number of benzene rings is 1. The summed E-state index contributed by atoms with van der Waals surface area (Å²) in [5.41, 5.74) is 5.21. The third-order valence-corrected chi connectivity index (χ3v) is 4.27. The van der Waals surface area contributed by atoms with Gasteiger partial charge in [-0.1, -0.05) is 36.8 Å². The molecule has 1 aliphatic heterocycles. The quantitative estimate of drug-likeness (QED) is 0.926. The molecule has 0 saturated carbocycles. The molecule has 20 heavy (non-hydrogen) atoms. The van der Waals surface area contributed by atoms with Crippen LogP contribution in [0.25, 0.3) is 0 Å². The monoisotopic (exact) mass is 269 g/mol. The van der Waals surface area contributed by atoms with Gasteiger partial charge in [-0.05, 0) is 38.8 Å². The van der Waals surface area contributed by atoms with Crippen molar-refractivity contribution in [3.63, 3.8) is 0 Å². The van der Waals surface area contributed by atoms with E-state index in [1.54, 1.807) is 0 Å². The van der Waals surface area contributed by atoms with Crippen LogP contribution >= 0.6 is 0 Å². The number of hydrogen-bond acceptors (Lipinski definition) is 2. The van der Waals surface area contributed by atoms with E-state index < -0.39 is 0 Å². The third kappa shape index (κ3) is 2.63. The number of aryl methyl sites for hydroxylation is 1. The van der Waals surface area contributed by atoms with Crippen LogP contribution in [0.2, 0.25) is 0 Å². The molecular weight excluding hydrogens is 246 g/mol.